The van der Waals surface area contributed by atoms with Crippen LogP contribution in [0.1, 0.15) is 44.2 Å². The summed E-state index contributed by atoms with van der Waals surface area (Å²) in [5.41, 5.74) is 0.980. The number of carbonyl (C=O) groups excluding carboxylic acids is 2. The molecule has 1 N–H and O–H groups in total. The van der Waals surface area contributed by atoms with Crippen LogP contribution in [0.25, 0.3) is 0 Å². The normalized spacial score (nSPS) is 16.6. The van der Waals surface area contributed by atoms with E-state index in [1.165, 1.54) is 13.3 Å². The number of nitrogens with one attached hydrogen (secondary N) is 1. The van der Waals surface area contributed by atoms with E-state index in [2.05, 4.69) is 5.32 Å². The van der Waals surface area contributed by atoms with Gasteiger partial charge in [0, 0.05) is 20.0 Å². The standard InChI is InChI=1S/C16H22N2O2/c1-13(19)17-15(14-8-4-2-5-9-14)12-16(20)18-10-6-3-7-11-18/h2,4-5,8-9,15H,3,6-7,10-12H2,1H3,(H,17,19)/t15-/m1/s1. The highest BCUT2D eigenvalue weighted by Crippen LogP contribution is 2.19. The van der Waals surface area contributed by atoms with Crippen LogP contribution in [0, 0.1) is 0 Å². The molecule has 0 aromatic heterocycles. The molecular formula is C16H22N2O2. The molecule has 1 aliphatic rings. The van der Waals surface area contributed by atoms with Gasteiger partial charge in [-0.1, -0.05) is 30.3 Å². The summed E-state index contributed by atoms with van der Waals surface area (Å²) in [6.45, 7) is 3.18. The highest BCUT2D eigenvalue weighted by Gasteiger charge is 2.22. The quantitative estimate of drug-likeness (QED) is 0.915. The molecule has 0 radical (unpaired) electrons. The lowest BCUT2D eigenvalue weighted by Crippen LogP contribution is -2.38. The van der Waals surface area contributed by atoms with Crippen molar-refractivity contribution in [3.05, 3.63) is 35.9 Å². The third kappa shape index (κ3) is 4.08. The minimum atomic E-state index is -0.233. The molecule has 0 saturated carbocycles. The summed E-state index contributed by atoms with van der Waals surface area (Å²) in [4.78, 5) is 25.6. The zero-order valence-electron chi connectivity index (χ0n) is 12.0. The second kappa shape index (κ2) is 7.08. The first-order valence-electron chi connectivity index (χ1n) is 7.26. The molecule has 0 spiro atoms. The van der Waals surface area contributed by atoms with E-state index in [4.69, 9.17) is 0 Å². The maximum absolute atomic E-state index is 12.3. The molecule has 1 saturated heterocycles. The van der Waals surface area contributed by atoms with Gasteiger partial charge in [-0.25, -0.2) is 0 Å². The fraction of sp³-hybridized carbons (Fsp3) is 0.500. The number of nitrogens with zero attached hydrogens (tertiary/aromatic N) is 1. The molecule has 1 aromatic rings. The van der Waals surface area contributed by atoms with Gasteiger partial charge in [0.25, 0.3) is 0 Å². The lowest BCUT2D eigenvalue weighted by molar-refractivity contribution is -0.132. The molecule has 1 fully saturated rings. The molecule has 4 heteroatoms. The Morgan fingerprint density at radius 1 is 1.15 bits per heavy atom. The fourth-order valence-corrected chi connectivity index (χ4v) is 2.63. The van der Waals surface area contributed by atoms with E-state index in [0.717, 1.165) is 31.5 Å². The van der Waals surface area contributed by atoms with Crippen molar-refractivity contribution in [3.63, 3.8) is 0 Å². The number of hydrogen-bond donors (Lipinski definition) is 1. The average molecular weight is 274 g/mol. The summed E-state index contributed by atoms with van der Waals surface area (Å²) in [5.74, 6) is 0.0256. The number of hydrogen-bond acceptors (Lipinski definition) is 2. The van der Waals surface area contributed by atoms with Crippen molar-refractivity contribution in [1.82, 2.24) is 10.2 Å². The summed E-state index contributed by atoms with van der Waals surface area (Å²) < 4.78 is 0. The van der Waals surface area contributed by atoms with Gasteiger partial charge in [0.15, 0.2) is 0 Å². The zero-order chi connectivity index (χ0) is 14.4. The number of amides is 2. The van der Waals surface area contributed by atoms with Crippen LogP contribution >= 0.6 is 0 Å². The Bertz CT molecular complexity index is 453. The van der Waals surface area contributed by atoms with Crippen LogP contribution in [0.15, 0.2) is 30.3 Å². The SMILES string of the molecule is CC(=O)N[C@H](CC(=O)N1CCCCC1)c1ccccc1. The van der Waals surface area contributed by atoms with Crippen LogP contribution < -0.4 is 5.32 Å². The van der Waals surface area contributed by atoms with Crippen LogP contribution in [-0.2, 0) is 9.59 Å². The van der Waals surface area contributed by atoms with Crippen LogP contribution in [-0.4, -0.2) is 29.8 Å². The van der Waals surface area contributed by atoms with E-state index >= 15 is 0 Å². The van der Waals surface area contributed by atoms with Gasteiger partial charge in [0.2, 0.25) is 11.8 Å². The van der Waals surface area contributed by atoms with Crippen molar-refractivity contribution < 1.29 is 9.59 Å². The number of rotatable bonds is 4. The summed E-state index contributed by atoms with van der Waals surface area (Å²) >= 11 is 0. The van der Waals surface area contributed by atoms with Gasteiger partial charge >= 0.3 is 0 Å². The first-order chi connectivity index (χ1) is 9.66. The van der Waals surface area contributed by atoms with Crippen molar-refractivity contribution in [1.29, 1.82) is 0 Å². The lowest BCUT2D eigenvalue weighted by Gasteiger charge is -2.28. The predicted molar refractivity (Wildman–Crippen MR) is 78.0 cm³/mol. The Morgan fingerprint density at radius 3 is 2.40 bits per heavy atom. The van der Waals surface area contributed by atoms with Crippen LogP contribution in [0.2, 0.25) is 0 Å². The van der Waals surface area contributed by atoms with Crippen molar-refractivity contribution in [2.24, 2.45) is 0 Å². The first-order valence-corrected chi connectivity index (χ1v) is 7.26. The van der Waals surface area contributed by atoms with Gasteiger partial charge in [0.05, 0.1) is 12.5 Å². The van der Waals surface area contributed by atoms with Crippen LogP contribution in [0.4, 0.5) is 0 Å². The Balaban J connectivity index is 2.03. The van der Waals surface area contributed by atoms with E-state index < -0.39 is 0 Å². The summed E-state index contributed by atoms with van der Waals surface area (Å²) in [6.07, 6.45) is 3.71. The monoisotopic (exact) mass is 274 g/mol. The second-order valence-electron chi connectivity index (χ2n) is 5.31. The molecule has 108 valence electrons. The molecule has 1 aliphatic heterocycles. The van der Waals surface area contributed by atoms with Gasteiger partial charge < -0.3 is 10.2 Å². The van der Waals surface area contributed by atoms with E-state index in [9.17, 15) is 9.59 Å². The van der Waals surface area contributed by atoms with Crippen molar-refractivity contribution in [3.8, 4) is 0 Å². The smallest absolute Gasteiger partial charge is 0.224 e. The molecule has 1 atom stereocenters. The lowest BCUT2D eigenvalue weighted by atomic mass is 10.0. The molecule has 0 aliphatic carbocycles. The molecule has 0 unspecified atom stereocenters. The highest BCUT2D eigenvalue weighted by atomic mass is 16.2. The first kappa shape index (κ1) is 14.6. The molecule has 2 rings (SSSR count). The van der Waals surface area contributed by atoms with Gasteiger partial charge in [0.1, 0.15) is 0 Å². The predicted octanol–water partition coefficient (Wildman–Crippen LogP) is 2.27. The Kier molecular flexibility index (Phi) is 5.16. The number of benzene rings is 1. The maximum Gasteiger partial charge on any atom is 0.224 e. The molecule has 1 aromatic carbocycles. The molecular weight excluding hydrogens is 252 g/mol. The largest absolute Gasteiger partial charge is 0.349 e. The van der Waals surface area contributed by atoms with Crippen LogP contribution in [0.5, 0.6) is 0 Å². The Morgan fingerprint density at radius 2 is 1.80 bits per heavy atom. The van der Waals surface area contributed by atoms with E-state index in [1.807, 2.05) is 35.2 Å². The van der Waals surface area contributed by atoms with Crippen molar-refractivity contribution >= 4 is 11.8 Å². The van der Waals surface area contributed by atoms with E-state index in [1.54, 1.807) is 0 Å². The van der Waals surface area contributed by atoms with Gasteiger partial charge in [-0.3, -0.25) is 9.59 Å². The van der Waals surface area contributed by atoms with Crippen LogP contribution in [0.3, 0.4) is 0 Å². The molecule has 1 heterocycles. The van der Waals surface area contributed by atoms with E-state index in [0.29, 0.717) is 6.42 Å². The Hall–Kier alpha value is -1.84. The fourth-order valence-electron chi connectivity index (χ4n) is 2.63. The topological polar surface area (TPSA) is 49.4 Å². The number of carbonyl (C=O) groups is 2. The molecule has 2 amide bonds. The number of likely N-dealkylation sites (tertiary alicyclic amines) is 1. The highest BCUT2D eigenvalue weighted by molar-refractivity contribution is 5.79. The number of piperidine rings is 1. The third-order valence-corrected chi connectivity index (χ3v) is 3.67. The average Bonchev–Trinajstić information content (AvgIpc) is 2.48. The summed E-state index contributed by atoms with van der Waals surface area (Å²) in [6, 6.07) is 9.45. The van der Waals surface area contributed by atoms with Crippen molar-refractivity contribution in [2.45, 2.75) is 38.6 Å². The third-order valence-electron chi connectivity index (χ3n) is 3.67. The zero-order valence-corrected chi connectivity index (χ0v) is 12.0. The molecule has 20 heavy (non-hydrogen) atoms. The van der Waals surface area contributed by atoms with Gasteiger partial charge in [-0.05, 0) is 24.8 Å². The van der Waals surface area contributed by atoms with E-state index in [-0.39, 0.29) is 17.9 Å². The molecule has 0 bridgehead atoms. The summed E-state index contributed by atoms with van der Waals surface area (Å²) in [5, 5.41) is 2.88. The minimum absolute atomic E-state index is 0.106. The minimum Gasteiger partial charge on any atom is -0.349 e. The van der Waals surface area contributed by atoms with Gasteiger partial charge in [-0.2, -0.15) is 0 Å². The Labute approximate surface area is 120 Å². The molecule has 4 nitrogen and oxygen atoms in total. The van der Waals surface area contributed by atoms with Crippen molar-refractivity contribution in [2.75, 3.05) is 13.1 Å². The second-order valence-corrected chi connectivity index (χ2v) is 5.31. The van der Waals surface area contributed by atoms with Gasteiger partial charge in [-0.15, -0.1) is 0 Å². The summed E-state index contributed by atoms with van der Waals surface area (Å²) in [7, 11) is 0. The maximum atomic E-state index is 12.3.